The first-order valence-corrected chi connectivity index (χ1v) is 4.52. The van der Waals surface area contributed by atoms with Gasteiger partial charge < -0.3 is 15.1 Å². The van der Waals surface area contributed by atoms with Gasteiger partial charge in [-0.3, -0.25) is 0 Å². The van der Waals surface area contributed by atoms with Gasteiger partial charge in [0, 0.05) is 0 Å². The van der Waals surface area contributed by atoms with Gasteiger partial charge in [-0.1, -0.05) is 11.6 Å². The molecule has 1 atom stereocenters. The van der Waals surface area contributed by atoms with Crippen molar-refractivity contribution >= 4 is 11.6 Å². The molecule has 0 heterocycles. The summed E-state index contributed by atoms with van der Waals surface area (Å²) in [5, 5.41) is 30.8. The van der Waals surface area contributed by atoms with Crippen LogP contribution in [0, 0.1) is 0 Å². The van der Waals surface area contributed by atoms with Crippen molar-refractivity contribution in [2.75, 3.05) is 26.3 Å². The van der Waals surface area contributed by atoms with E-state index in [1.54, 1.807) is 0 Å². The van der Waals surface area contributed by atoms with Gasteiger partial charge in [-0.2, -0.15) is 0 Å². The summed E-state index contributed by atoms with van der Waals surface area (Å²) in [5.41, 5.74) is -0.672. The molecule has 0 aromatic heterocycles. The van der Waals surface area contributed by atoms with Crippen molar-refractivity contribution in [2.24, 2.45) is 5.28 Å². The molecule has 0 aromatic rings. The Morgan fingerprint density at radius 2 is 1.93 bits per heavy atom. The highest BCUT2D eigenvalue weighted by Gasteiger charge is 2.17. The fourth-order valence-electron chi connectivity index (χ4n) is 0.680. The molecule has 0 aromatic carbocycles. The predicted octanol–water partition coefficient (Wildman–Crippen LogP) is -0.442. The monoisotopic (exact) mass is 228 g/mol. The molecule has 84 valence electrons. The van der Waals surface area contributed by atoms with E-state index in [2.05, 4.69) is 10.1 Å². The van der Waals surface area contributed by atoms with Gasteiger partial charge >= 0.3 is 0 Å². The van der Waals surface area contributed by atoms with Crippen molar-refractivity contribution in [3.63, 3.8) is 0 Å². The van der Waals surface area contributed by atoms with Crippen molar-refractivity contribution < 1.29 is 25.2 Å². The van der Waals surface area contributed by atoms with Crippen LogP contribution >= 0.6 is 11.6 Å². The molecule has 0 spiro atoms. The van der Waals surface area contributed by atoms with E-state index in [-0.39, 0.29) is 26.3 Å². The van der Waals surface area contributed by atoms with Crippen molar-refractivity contribution in [3.8, 4) is 0 Å². The number of hydrogen-bond donors (Lipinski definition) is 3. The lowest BCUT2D eigenvalue weighted by Gasteiger charge is -2.09. The molecule has 0 saturated carbocycles. The quantitative estimate of drug-likeness (QED) is 0.238. The lowest BCUT2D eigenvalue weighted by atomic mass is 10.6. The summed E-state index contributed by atoms with van der Waals surface area (Å²) in [6.45, 7) is 1.43. The van der Waals surface area contributed by atoms with Crippen molar-refractivity contribution in [3.05, 3.63) is 0 Å². The maximum atomic E-state index is 9.21. The van der Waals surface area contributed by atoms with Crippen LogP contribution in [0.1, 0.15) is 6.92 Å². The van der Waals surface area contributed by atoms with E-state index < -0.39 is 5.56 Å². The van der Waals surface area contributed by atoms with E-state index >= 15 is 0 Å². The topological polar surface area (TPSA) is 88.5 Å². The molecule has 1 unspecified atom stereocenters. The summed E-state index contributed by atoms with van der Waals surface area (Å²) in [7, 11) is 0. The lowest BCUT2D eigenvalue weighted by Crippen LogP contribution is -2.37. The minimum atomic E-state index is -0.672. The van der Waals surface area contributed by atoms with Crippen LogP contribution in [0.5, 0.6) is 0 Å². The van der Waals surface area contributed by atoms with Crippen LogP contribution < -0.4 is 0 Å². The third-order valence-corrected chi connectivity index (χ3v) is 1.31. The summed E-state index contributed by atoms with van der Waals surface area (Å²) in [5.74, 6) is 0. The molecule has 0 radical (unpaired) electrons. The first-order chi connectivity index (χ1) is 6.61. The first kappa shape index (κ1) is 13.2. The number of aliphatic hydroxyl groups is 2. The van der Waals surface area contributed by atoms with Gasteiger partial charge in [-0.15, -0.1) is 5.01 Å². The zero-order valence-electron chi connectivity index (χ0n) is 7.88. The van der Waals surface area contributed by atoms with Crippen LogP contribution in [0.2, 0.25) is 0 Å². The highest BCUT2D eigenvalue weighted by Crippen LogP contribution is 1.97. The number of rotatable bonds is 7. The average molecular weight is 229 g/mol. The lowest BCUT2D eigenvalue weighted by molar-refractivity contribution is -0.941. The fourth-order valence-corrected chi connectivity index (χ4v) is 0.716. The zero-order chi connectivity index (χ0) is 11.0. The second-order valence-corrected chi connectivity index (χ2v) is 3.01. The van der Waals surface area contributed by atoms with Crippen LogP contribution in [0.3, 0.4) is 0 Å². The summed E-state index contributed by atoms with van der Waals surface area (Å²) in [6, 6.07) is 0. The molecule has 0 fully saturated rings. The van der Waals surface area contributed by atoms with Gasteiger partial charge in [0.2, 0.25) is 5.56 Å². The molecule has 8 heteroatoms. The SMILES string of the molecule is CC(Cl)O/N=[N+](\O)N(CCO)CCO. The Bertz CT molecular complexity index is 172. The van der Waals surface area contributed by atoms with Gasteiger partial charge in [0.1, 0.15) is 13.1 Å². The fraction of sp³-hybridized carbons (Fsp3) is 1.00. The molecule has 3 N–H and O–H groups in total. The number of hydrazine groups is 1. The maximum Gasteiger partial charge on any atom is 0.275 e. The minimum Gasteiger partial charge on any atom is -0.394 e. The third kappa shape index (κ3) is 5.79. The molecule has 0 aliphatic carbocycles. The number of alkyl halides is 1. The smallest absolute Gasteiger partial charge is 0.275 e. The van der Waals surface area contributed by atoms with Gasteiger partial charge in [0.05, 0.1) is 13.2 Å². The predicted molar refractivity (Wildman–Crippen MR) is 46.6 cm³/mol. The van der Waals surface area contributed by atoms with E-state index in [4.69, 9.17) is 21.8 Å². The van der Waals surface area contributed by atoms with E-state index in [0.717, 1.165) is 0 Å². The number of hydrogen-bond acceptors (Lipinski definition) is 4. The standard InChI is InChI=1S/C6H15ClN3O4/c1-6(7)14-8-10(13)9(2-4-11)3-5-12/h6,11-12H,2-5H2,1H3,(H,8,13)/q+1. The molecule has 14 heavy (non-hydrogen) atoms. The first-order valence-electron chi connectivity index (χ1n) is 4.08. The number of nitrogens with zero attached hydrogens (tertiary/aromatic N) is 3. The van der Waals surface area contributed by atoms with E-state index in [9.17, 15) is 5.21 Å². The van der Waals surface area contributed by atoms with Gasteiger partial charge in [-0.25, -0.2) is 5.21 Å². The zero-order valence-corrected chi connectivity index (χ0v) is 8.63. The third-order valence-electron chi connectivity index (χ3n) is 1.23. The van der Waals surface area contributed by atoms with Crippen molar-refractivity contribution in [1.29, 1.82) is 0 Å². The van der Waals surface area contributed by atoms with Crippen molar-refractivity contribution in [1.82, 2.24) is 5.01 Å². The minimum absolute atomic E-state index is 0.126. The molecule has 0 bridgehead atoms. The molecule has 0 aliphatic heterocycles. The summed E-state index contributed by atoms with van der Waals surface area (Å²) in [6.07, 6.45) is 0. The Morgan fingerprint density at radius 1 is 1.43 bits per heavy atom. The summed E-state index contributed by atoms with van der Waals surface area (Å²) < 4.78 is 0. The van der Waals surface area contributed by atoms with Crippen molar-refractivity contribution in [2.45, 2.75) is 12.5 Å². The molecular weight excluding hydrogens is 214 g/mol. The average Bonchev–Trinajstić information content (AvgIpc) is 2.14. The Hall–Kier alpha value is -0.790. The molecular formula is C6H15ClN3O4+. The highest BCUT2D eigenvalue weighted by atomic mass is 35.5. The largest absolute Gasteiger partial charge is 0.394 e. The Morgan fingerprint density at radius 3 is 2.29 bits per heavy atom. The van der Waals surface area contributed by atoms with E-state index in [1.165, 1.54) is 11.9 Å². The molecule has 7 nitrogen and oxygen atoms in total. The second kappa shape index (κ2) is 7.60. The second-order valence-electron chi connectivity index (χ2n) is 2.40. The van der Waals surface area contributed by atoms with Crippen LogP contribution in [0.15, 0.2) is 5.28 Å². The number of halogens is 1. The van der Waals surface area contributed by atoms with Gasteiger partial charge in [0.15, 0.2) is 0 Å². The highest BCUT2D eigenvalue weighted by molar-refractivity contribution is 6.19. The number of aliphatic hydroxyl groups excluding tert-OH is 2. The van der Waals surface area contributed by atoms with Gasteiger partial charge in [-0.05, 0) is 6.92 Å². The Labute approximate surface area is 86.7 Å². The van der Waals surface area contributed by atoms with Crippen LogP contribution in [0.4, 0.5) is 0 Å². The molecule has 0 amide bonds. The van der Waals surface area contributed by atoms with Crippen LogP contribution in [0.25, 0.3) is 0 Å². The van der Waals surface area contributed by atoms with E-state index in [0.29, 0.717) is 4.97 Å². The normalized spacial score (nSPS) is 13.9. The Balaban J connectivity index is 4.11. The summed E-state index contributed by atoms with van der Waals surface area (Å²) in [4.78, 5) is 4.93. The Kier molecular flexibility index (Phi) is 7.17. The van der Waals surface area contributed by atoms with Crippen LogP contribution in [-0.2, 0) is 4.84 Å². The van der Waals surface area contributed by atoms with Gasteiger partial charge in [0.25, 0.3) is 10.2 Å². The maximum absolute atomic E-state index is 9.21. The van der Waals surface area contributed by atoms with E-state index in [1.807, 2.05) is 0 Å². The van der Waals surface area contributed by atoms with Crippen LogP contribution in [-0.4, -0.2) is 57.3 Å². The molecule has 0 aliphatic rings. The molecule has 0 saturated heterocycles. The summed E-state index contributed by atoms with van der Waals surface area (Å²) >= 11 is 5.41. The molecule has 0 rings (SSSR count).